The summed E-state index contributed by atoms with van der Waals surface area (Å²) in [5.41, 5.74) is 2.33. The number of ether oxygens (including phenoxy) is 2. The molecule has 0 heterocycles. The van der Waals surface area contributed by atoms with Crippen LogP contribution in [-0.4, -0.2) is 33.3 Å². The Kier molecular flexibility index (Phi) is 10.6. The zero-order chi connectivity index (χ0) is 18.8. The fourth-order valence-corrected chi connectivity index (χ4v) is 2.68. The van der Waals surface area contributed by atoms with Crippen LogP contribution < -0.4 is 20.1 Å². The van der Waals surface area contributed by atoms with E-state index in [9.17, 15) is 0 Å². The van der Waals surface area contributed by atoms with Crippen LogP contribution >= 0.6 is 24.0 Å². The number of halogens is 1. The Balaban J connectivity index is 0.00000364. The SMILES string of the molecule is CCNC(=NCc1ccc(OC)cc1)NCC(C)c1ccccc1OC.I. The Morgan fingerprint density at radius 3 is 2.33 bits per heavy atom. The first-order valence-electron chi connectivity index (χ1n) is 8.96. The lowest BCUT2D eigenvalue weighted by atomic mass is 10.0. The molecule has 0 saturated carbocycles. The maximum atomic E-state index is 5.46. The number of methoxy groups -OCH3 is 2. The Morgan fingerprint density at radius 2 is 1.70 bits per heavy atom. The molecule has 2 aromatic carbocycles. The van der Waals surface area contributed by atoms with Crippen molar-refractivity contribution in [1.29, 1.82) is 0 Å². The van der Waals surface area contributed by atoms with Gasteiger partial charge in [0.15, 0.2) is 5.96 Å². The summed E-state index contributed by atoms with van der Waals surface area (Å²) in [5.74, 6) is 2.89. The van der Waals surface area contributed by atoms with Gasteiger partial charge in [0, 0.05) is 19.0 Å². The fourth-order valence-electron chi connectivity index (χ4n) is 2.68. The number of hydrogen-bond acceptors (Lipinski definition) is 3. The highest BCUT2D eigenvalue weighted by molar-refractivity contribution is 14.0. The van der Waals surface area contributed by atoms with Gasteiger partial charge >= 0.3 is 0 Å². The van der Waals surface area contributed by atoms with E-state index in [1.54, 1.807) is 14.2 Å². The first-order chi connectivity index (χ1) is 12.7. The number of para-hydroxylation sites is 1. The van der Waals surface area contributed by atoms with E-state index in [1.807, 2.05) is 42.5 Å². The van der Waals surface area contributed by atoms with Crippen LogP contribution in [-0.2, 0) is 6.54 Å². The van der Waals surface area contributed by atoms with Gasteiger partial charge in [0.1, 0.15) is 11.5 Å². The predicted octanol–water partition coefficient (Wildman–Crippen LogP) is 4.18. The van der Waals surface area contributed by atoms with E-state index >= 15 is 0 Å². The van der Waals surface area contributed by atoms with Crippen LogP contribution in [0.3, 0.4) is 0 Å². The minimum atomic E-state index is 0. The molecule has 1 atom stereocenters. The van der Waals surface area contributed by atoms with Gasteiger partial charge in [-0.05, 0) is 36.2 Å². The molecule has 1 unspecified atom stereocenters. The quantitative estimate of drug-likeness (QED) is 0.336. The van der Waals surface area contributed by atoms with Gasteiger partial charge in [0.2, 0.25) is 0 Å². The van der Waals surface area contributed by atoms with Crippen LogP contribution in [0.4, 0.5) is 0 Å². The first-order valence-corrected chi connectivity index (χ1v) is 8.96. The molecule has 0 aliphatic rings. The molecule has 0 fully saturated rings. The molecule has 5 nitrogen and oxygen atoms in total. The summed E-state index contributed by atoms with van der Waals surface area (Å²) < 4.78 is 10.6. The van der Waals surface area contributed by atoms with Crippen molar-refractivity contribution < 1.29 is 9.47 Å². The zero-order valence-corrected chi connectivity index (χ0v) is 18.8. The van der Waals surface area contributed by atoms with Crippen molar-refractivity contribution in [1.82, 2.24) is 10.6 Å². The molecule has 2 rings (SSSR count). The third-order valence-corrected chi connectivity index (χ3v) is 4.17. The van der Waals surface area contributed by atoms with E-state index in [2.05, 4.69) is 35.5 Å². The monoisotopic (exact) mass is 483 g/mol. The third kappa shape index (κ3) is 7.28. The van der Waals surface area contributed by atoms with E-state index in [1.165, 1.54) is 5.56 Å². The summed E-state index contributed by atoms with van der Waals surface area (Å²) in [4.78, 5) is 4.67. The molecule has 0 bridgehead atoms. The van der Waals surface area contributed by atoms with Gasteiger partial charge in [0.05, 0.1) is 20.8 Å². The highest BCUT2D eigenvalue weighted by atomic mass is 127. The molecule has 6 heteroatoms. The highest BCUT2D eigenvalue weighted by Crippen LogP contribution is 2.25. The second-order valence-corrected chi connectivity index (χ2v) is 6.07. The van der Waals surface area contributed by atoms with E-state index in [0.717, 1.165) is 36.1 Å². The van der Waals surface area contributed by atoms with E-state index < -0.39 is 0 Å². The lowest BCUT2D eigenvalue weighted by Crippen LogP contribution is -2.39. The minimum absolute atomic E-state index is 0. The Hall–Kier alpha value is -1.96. The van der Waals surface area contributed by atoms with Crippen LogP contribution in [0.25, 0.3) is 0 Å². The molecule has 0 radical (unpaired) electrons. The van der Waals surface area contributed by atoms with Crippen molar-refractivity contribution >= 4 is 29.9 Å². The predicted molar refractivity (Wildman–Crippen MR) is 123 cm³/mol. The standard InChI is InChI=1S/C21H29N3O2.HI/c1-5-22-21(24-15-17-10-12-18(25-3)13-11-17)23-14-16(2)19-8-6-7-9-20(19)26-4;/h6-13,16H,5,14-15H2,1-4H3,(H2,22,23,24);1H. The number of hydrogen-bond donors (Lipinski definition) is 2. The average Bonchev–Trinajstić information content (AvgIpc) is 2.70. The molecule has 2 aromatic rings. The summed E-state index contributed by atoms with van der Waals surface area (Å²) >= 11 is 0. The Morgan fingerprint density at radius 1 is 1.00 bits per heavy atom. The molecular weight excluding hydrogens is 453 g/mol. The average molecular weight is 483 g/mol. The molecule has 0 saturated heterocycles. The Bertz CT molecular complexity index is 705. The van der Waals surface area contributed by atoms with Gasteiger partial charge < -0.3 is 20.1 Å². The maximum Gasteiger partial charge on any atom is 0.191 e. The van der Waals surface area contributed by atoms with Crippen LogP contribution in [0.15, 0.2) is 53.5 Å². The molecule has 0 aliphatic heterocycles. The largest absolute Gasteiger partial charge is 0.497 e. The molecular formula is C21H30IN3O2. The zero-order valence-electron chi connectivity index (χ0n) is 16.5. The smallest absolute Gasteiger partial charge is 0.191 e. The first kappa shape index (κ1) is 23.1. The molecule has 2 N–H and O–H groups in total. The molecule has 0 aliphatic carbocycles. The molecule has 0 amide bonds. The van der Waals surface area contributed by atoms with Crippen LogP contribution in [0.1, 0.15) is 30.9 Å². The molecule has 0 spiro atoms. The number of nitrogens with zero attached hydrogens (tertiary/aromatic N) is 1. The van der Waals surface area contributed by atoms with Gasteiger partial charge in [0.25, 0.3) is 0 Å². The Labute approximate surface area is 179 Å². The number of nitrogens with one attached hydrogen (secondary N) is 2. The number of aliphatic imine (C=N–C) groups is 1. The van der Waals surface area contributed by atoms with Crippen molar-refractivity contribution in [3.63, 3.8) is 0 Å². The van der Waals surface area contributed by atoms with Gasteiger partial charge in [-0.3, -0.25) is 0 Å². The summed E-state index contributed by atoms with van der Waals surface area (Å²) in [6, 6.07) is 16.1. The van der Waals surface area contributed by atoms with E-state index in [-0.39, 0.29) is 24.0 Å². The fraction of sp³-hybridized carbons (Fsp3) is 0.381. The van der Waals surface area contributed by atoms with Crippen molar-refractivity contribution in [3.05, 3.63) is 59.7 Å². The van der Waals surface area contributed by atoms with Gasteiger partial charge in [-0.1, -0.05) is 37.3 Å². The van der Waals surface area contributed by atoms with Crippen molar-refractivity contribution in [2.45, 2.75) is 26.3 Å². The molecule has 148 valence electrons. The van der Waals surface area contributed by atoms with Crippen molar-refractivity contribution in [3.8, 4) is 11.5 Å². The van der Waals surface area contributed by atoms with Gasteiger partial charge in [-0.2, -0.15) is 0 Å². The molecule has 0 aromatic heterocycles. The van der Waals surface area contributed by atoms with Crippen LogP contribution in [0.5, 0.6) is 11.5 Å². The number of rotatable bonds is 8. The second-order valence-electron chi connectivity index (χ2n) is 6.07. The van der Waals surface area contributed by atoms with Crippen molar-refractivity contribution in [2.24, 2.45) is 4.99 Å². The van der Waals surface area contributed by atoms with E-state index in [4.69, 9.17) is 9.47 Å². The molecule has 27 heavy (non-hydrogen) atoms. The van der Waals surface area contributed by atoms with Crippen LogP contribution in [0, 0.1) is 0 Å². The highest BCUT2D eigenvalue weighted by Gasteiger charge is 2.11. The van der Waals surface area contributed by atoms with Gasteiger partial charge in [-0.15, -0.1) is 24.0 Å². The van der Waals surface area contributed by atoms with Crippen molar-refractivity contribution in [2.75, 3.05) is 27.3 Å². The second kappa shape index (κ2) is 12.4. The summed E-state index contributed by atoms with van der Waals surface area (Å²) in [6.45, 7) is 6.45. The lowest BCUT2D eigenvalue weighted by Gasteiger charge is -2.18. The normalized spacial score (nSPS) is 11.9. The van der Waals surface area contributed by atoms with Crippen LogP contribution in [0.2, 0.25) is 0 Å². The van der Waals surface area contributed by atoms with E-state index in [0.29, 0.717) is 12.5 Å². The lowest BCUT2D eigenvalue weighted by molar-refractivity contribution is 0.406. The maximum absolute atomic E-state index is 5.46. The minimum Gasteiger partial charge on any atom is -0.497 e. The number of guanidine groups is 1. The summed E-state index contributed by atoms with van der Waals surface area (Å²) in [7, 11) is 3.38. The summed E-state index contributed by atoms with van der Waals surface area (Å²) in [6.07, 6.45) is 0. The summed E-state index contributed by atoms with van der Waals surface area (Å²) in [5, 5.41) is 6.72. The topological polar surface area (TPSA) is 54.9 Å². The number of benzene rings is 2. The van der Waals surface area contributed by atoms with Gasteiger partial charge in [-0.25, -0.2) is 4.99 Å². The third-order valence-electron chi connectivity index (χ3n) is 4.17.